The summed E-state index contributed by atoms with van der Waals surface area (Å²) in [7, 11) is 2.16. The largest absolute Gasteiger partial charge is 0.339 e. The van der Waals surface area contributed by atoms with E-state index in [0.29, 0.717) is 12.3 Å². The lowest BCUT2D eigenvalue weighted by Crippen LogP contribution is -2.35. The fraction of sp³-hybridized carbons (Fsp3) is 0.611. The second kappa shape index (κ2) is 9.31. The SMILES string of the molecule is C#C/C(=N\NCC(=O)N1CCC(n2cc(CC[B]C)cn2)C1)C(C)C. The van der Waals surface area contributed by atoms with E-state index in [9.17, 15) is 4.79 Å². The normalized spacial score (nSPS) is 17.6. The highest BCUT2D eigenvalue weighted by atomic mass is 16.2. The van der Waals surface area contributed by atoms with Crippen LogP contribution < -0.4 is 5.43 Å². The number of nitrogens with zero attached hydrogens (tertiary/aromatic N) is 4. The van der Waals surface area contributed by atoms with Crippen molar-refractivity contribution in [3.05, 3.63) is 18.0 Å². The molecule has 7 heteroatoms. The van der Waals surface area contributed by atoms with Crippen molar-refractivity contribution in [3.63, 3.8) is 0 Å². The highest BCUT2D eigenvalue weighted by molar-refractivity contribution is 6.33. The van der Waals surface area contributed by atoms with Crippen LogP contribution in [0.3, 0.4) is 0 Å². The fourth-order valence-corrected chi connectivity index (χ4v) is 2.83. The van der Waals surface area contributed by atoms with E-state index in [1.807, 2.05) is 29.6 Å². The van der Waals surface area contributed by atoms with Crippen molar-refractivity contribution in [1.29, 1.82) is 0 Å². The van der Waals surface area contributed by atoms with E-state index >= 15 is 0 Å². The molecule has 1 aromatic heterocycles. The molecular weight excluding hydrogens is 313 g/mol. The number of hydrogen-bond acceptors (Lipinski definition) is 4. The Morgan fingerprint density at radius 2 is 2.40 bits per heavy atom. The van der Waals surface area contributed by atoms with Crippen LogP contribution in [0.25, 0.3) is 0 Å². The first kappa shape index (κ1) is 19.1. The van der Waals surface area contributed by atoms with E-state index in [0.717, 1.165) is 25.7 Å². The summed E-state index contributed by atoms with van der Waals surface area (Å²) in [5, 5.41) is 8.59. The minimum Gasteiger partial charge on any atom is -0.339 e. The molecule has 1 aromatic rings. The summed E-state index contributed by atoms with van der Waals surface area (Å²) >= 11 is 0. The van der Waals surface area contributed by atoms with Crippen LogP contribution in [0.4, 0.5) is 0 Å². The summed E-state index contributed by atoms with van der Waals surface area (Å²) in [5.41, 5.74) is 4.67. The maximum absolute atomic E-state index is 12.3. The lowest BCUT2D eigenvalue weighted by Gasteiger charge is -2.16. The second-order valence-electron chi connectivity index (χ2n) is 6.69. The zero-order chi connectivity index (χ0) is 18.2. The maximum Gasteiger partial charge on any atom is 0.243 e. The molecule has 1 aliphatic rings. The number of carbonyl (C=O) groups excluding carboxylic acids is 1. The lowest BCUT2D eigenvalue weighted by atomic mass is 9.76. The molecule has 1 atom stereocenters. The Bertz CT molecular complexity index is 646. The maximum atomic E-state index is 12.3. The average molecular weight is 340 g/mol. The number of aromatic nitrogens is 2. The predicted molar refractivity (Wildman–Crippen MR) is 102 cm³/mol. The number of hydrazone groups is 1. The van der Waals surface area contributed by atoms with Crippen molar-refractivity contribution in [2.24, 2.45) is 11.0 Å². The van der Waals surface area contributed by atoms with E-state index in [4.69, 9.17) is 6.42 Å². The number of carbonyl (C=O) groups is 1. The number of likely N-dealkylation sites (tertiary alicyclic amines) is 1. The van der Waals surface area contributed by atoms with Crippen LogP contribution in [0.2, 0.25) is 13.1 Å². The van der Waals surface area contributed by atoms with Crippen LogP contribution in [0.15, 0.2) is 17.5 Å². The molecule has 1 unspecified atom stereocenters. The molecule has 1 N–H and O–H groups in total. The van der Waals surface area contributed by atoms with Gasteiger partial charge < -0.3 is 4.90 Å². The third-order valence-electron chi connectivity index (χ3n) is 4.39. The van der Waals surface area contributed by atoms with Gasteiger partial charge in [0.15, 0.2) is 0 Å². The molecule has 0 saturated carbocycles. The van der Waals surface area contributed by atoms with Crippen LogP contribution in [-0.4, -0.2) is 53.2 Å². The highest BCUT2D eigenvalue weighted by Gasteiger charge is 2.27. The van der Waals surface area contributed by atoms with Crippen molar-refractivity contribution < 1.29 is 4.79 Å². The number of amides is 1. The molecular formula is C18H27BN5O. The van der Waals surface area contributed by atoms with Gasteiger partial charge >= 0.3 is 0 Å². The molecule has 1 radical (unpaired) electrons. The van der Waals surface area contributed by atoms with Crippen LogP contribution in [0.1, 0.15) is 31.9 Å². The van der Waals surface area contributed by atoms with E-state index < -0.39 is 0 Å². The van der Waals surface area contributed by atoms with Crippen LogP contribution in [0.5, 0.6) is 0 Å². The Balaban J connectivity index is 1.82. The predicted octanol–water partition coefficient (Wildman–Crippen LogP) is 1.60. The topological polar surface area (TPSA) is 62.5 Å². The van der Waals surface area contributed by atoms with Gasteiger partial charge in [0.1, 0.15) is 19.5 Å². The van der Waals surface area contributed by atoms with Crippen LogP contribution in [0, 0.1) is 18.3 Å². The molecule has 0 spiro atoms. The molecule has 1 aliphatic heterocycles. The van der Waals surface area contributed by atoms with Gasteiger partial charge in [-0.1, -0.05) is 32.9 Å². The Morgan fingerprint density at radius 1 is 1.60 bits per heavy atom. The first-order valence-corrected chi connectivity index (χ1v) is 8.90. The zero-order valence-corrected chi connectivity index (χ0v) is 15.4. The molecule has 0 aliphatic carbocycles. The molecule has 2 heterocycles. The smallest absolute Gasteiger partial charge is 0.243 e. The van der Waals surface area contributed by atoms with Crippen LogP contribution in [-0.2, 0) is 11.2 Å². The third kappa shape index (κ3) is 5.38. The molecule has 133 valence electrons. The summed E-state index contributed by atoms with van der Waals surface area (Å²) in [5.74, 6) is 2.75. The van der Waals surface area contributed by atoms with Crippen LogP contribution >= 0.6 is 0 Å². The van der Waals surface area contributed by atoms with Crippen molar-refractivity contribution in [1.82, 2.24) is 20.1 Å². The van der Waals surface area contributed by atoms with Crippen molar-refractivity contribution in [2.75, 3.05) is 19.6 Å². The number of terminal acetylenes is 1. The summed E-state index contributed by atoms with van der Waals surface area (Å²) in [6.07, 6.45) is 12.4. The average Bonchev–Trinajstić information content (AvgIpc) is 3.25. The van der Waals surface area contributed by atoms with Gasteiger partial charge in [0, 0.05) is 25.2 Å². The van der Waals surface area contributed by atoms with Crippen molar-refractivity contribution in [3.8, 4) is 12.3 Å². The standard InChI is InChI=1S/C18H27BN5O/c1-5-17(14(2)3)22-20-11-18(25)23-9-7-16(13-23)24-12-15(10-21-24)6-8-19-4/h1,10,12,14,16,20H,6-9,11,13H2,2-4H3/b22-17+. The molecule has 1 saturated heterocycles. The number of hydrogen-bond donors (Lipinski definition) is 1. The third-order valence-corrected chi connectivity index (χ3v) is 4.39. The Morgan fingerprint density at radius 3 is 3.08 bits per heavy atom. The summed E-state index contributed by atoms with van der Waals surface area (Å²) in [4.78, 5) is 14.2. The second-order valence-corrected chi connectivity index (χ2v) is 6.69. The zero-order valence-electron chi connectivity index (χ0n) is 15.4. The highest BCUT2D eigenvalue weighted by Crippen LogP contribution is 2.21. The monoisotopic (exact) mass is 340 g/mol. The first-order chi connectivity index (χ1) is 12.0. The minimum atomic E-state index is 0.0411. The van der Waals surface area contributed by atoms with E-state index in [1.54, 1.807) is 0 Å². The molecule has 6 nitrogen and oxygen atoms in total. The first-order valence-electron chi connectivity index (χ1n) is 8.90. The van der Waals surface area contributed by atoms with E-state index in [1.165, 1.54) is 5.56 Å². The number of aryl methyl sites for hydroxylation is 1. The van der Waals surface area contributed by atoms with Gasteiger partial charge in [0.25, 0.3) is 0 Å². The lowest BCUT2D eigenvalue weighted by molar-refractivity contribution is -0.129. The molecule has 0 aromatic carbocycles. The van der Waals surface area contributed by atoms with Gasteiger partial charge in [-0.25, -0.2) is 0 Å². The Kier molecular flexibility index (Phi) is 7.11. The number of nitrogens with one attached hydrogen (secondary N) is 1. The van der Waals surface area contributed by atoms with Crippen molar-refractivity contribution in [2.45, 2.75) is 45.9 Å². The van der Waals surface area contributed by atoms with Gasteiger partial charge in [0.2, 0.25) is 5.91 Å². The summed E-state index contributed by atoms with van der Waals surface area (Å²) in [6, 6.07) is 0.253. The van der Waals surface area contributed by atoms with Crippen molar-refractivity contribution >= 4 is 18.9 Å². The number of rotatable bonds is 8. The summed E-state index contributed by atoms with van der Waals surface area (Å²) < 4.78 is 2.00. The molecule has 25 heavy (non-hydrogen) atoms. The van der Waals surface area contributed by atoms with Gasteiger partial charge in [-0.2, -0.15) is 10.2 Å². The van der Waals surface area contributed by atoms with Gasteiger partial charge in [0.05, 0.1) is 12.2 Å². The molecule has 1 fully saturated rings. The minimum absolute atomic E-state index is 0.0411. The van der Waals surface area contributed by atoms with E-state index in [2.05, 4.69) is 41.8 Å². The summed E-state index contributed by atoms with van der Waals surface area (Å²) in [6.45, 7) is 7.63. The molecule has 2 rings (SSSR count). The van der Waals surface area contributed by atoms with E-state index in [-0.39, 0.29) is 24.4 Å². The Labute approximate surface area is 151 Å². The molecule has 1 amide bonds. The van der Waals surface area contributed by atoms with Gasteiger partial charge in [-0.05, 0) is 18.4 Å². The van der Waals surface area contributed by atoms with Gasteiger partial charge in [-0.15, -0.1) is 6.42 Å². The Hall–Kier alpha value is -2.23. The fourth-order valence-electron chi connectivity index (χ4n) is 2.83. The molecule has 0 bridgehead atoms. The van der Waals surface area contributed by atoms with Gasteiger partial charge in [-0.3, -0.25) is 14.9 Å². The quantitative estimate of drug-likeness (QED) is 0.338.